The van der Waals surface area contributed by atoms with Crippen molar-refractivity contribution < 1.29 is 13.2 Å². The molecule has 0 bridgehead atoms. The van der Waals surface area contributed by atoms with E-state index < -0.39 is 11.6 Å². The SMILES string of the molecule is CC(CC1CCC(c2ccnc3ccc(F)cc23)CC1)Nc1nc2c(F)cc(F)cc2s1. The minimum absolute atomic E-state index is 0.181. The number of halogens is 3. The van der Waals surface area contributed by atoms with Crippen LogP contribution < -0.4 is 5.32 Å². The molecule has 0 amide bonds. The second-order valence-electron chi connectivity index (χ2n) is 8.81. The number of nitrogens with zero attached hydrogens (tertiary/aromatic N) is 2. The molecule has 2 aromatic carbocycles. The number of nitrogens with one attached hydrogen (secondary N) is 1. The summed E-state index contributed by atoms with van der Waals surface area (Å²) in [5.41, 5.74) is 2.26. The van der Waals surface area contributed by atoms with Gasteiger partial charge >= 0.3 is 0 Å². The van der Waals surface area contributed by atoms with E-state index in [4.69, 9.17) is 0 Å². The quantitative estimate of drug-likeness (QED) is 0.340. The molecule has 3 nitrogen and oxygen atoms in total. The number of pyridine rings is 1. The number of benzene rings is 2. The molecule has 0 saturated heterocycles. The van der Waals surface area contributed by atoms with Crippen LogP contribution in [0.25, 0.3) is 21.1 Å². The summed E-state index contributed by atoms with van der Waals surface area (Å²) < 4.78 is 41.7. The Bertz CT molecular complexity index is 1260. The fourth-order valence-corrected chi connectivity index (χ4v) is 6.01. The second-order valence-corrected chi connectivity index (χ2v) is 9.84. The molecule has 1 N–H and O–H groups in total. The molecule has 0 aliphatic heterocycles. The van der Waals surface area contributed by atoms with Gasteiger partial charge in [0.05, 0.1) is 10.2 Å². The minimum Gasteiger partial charge on any atom is -0.359 e. The second kappa shape index (κ2) is 8.70. The Balaban J connectivity index is 1.21. The first-order chi connectivity index (χ1) is 15.5. The van der Waals surface area contributed by atoms with E-state index in [0.29, 0.717) is 21.7 Å². The molecule has 1 unspecified atom stereocenters. The van der Waals surface area contributed by atoms with Crippen LogP contribution in [0.15, 0.2) is 42.6 Å². The molecule has 1 atom stereocenters. The Morgan fingerprint density at radius 1 is 1.03 bits per heavy atom. The minimum atomic E-state index is -0.626. The molecule has 0 radical (unpaired) electrons. The maximum absolute atomic E-state index is 13.9. The van der Waals surface area contributed by atoms with Crippen molar-refractivity contribution in [2.24, 2.45) is 5.92 Å². The van der Waals surface area contributed by atoms with Crippen LogP contribution in [0.4, 0.5) is 18.3 Å². The van der Waals surface area contributed by atoms with Gasteiger partial charge in [-0.15, -0.1) is 0 Å². The van der Waals surface area contributed by atoms with Crippen LogP contribution in [-0.4, -0.2) is 16.0 Å². The predicted octanol–water partition coefficient (Wildman–Crippen LogP) is 7.43. The smallest absolute Gasteiger partial charge is 0.184 e. The van der Waals surface area contributed by atoms with E-state index in [9.17, 15) is 13.2 Å². The van der Waals surface area contributed by atoms with Gasteiger partial charge in [-0.25, -0.2) is 18.2 Å². The number of rotatable bonds is 5. The van der Waals surface area contributed by atoms with Crippen LogP contribution >= 0.6 is 11.3 Å². The molecule has 1 aliphatic rings. The molecule has 1 saturated carbocycles. The fraction of sp³-hybridized carbons (Fsp3) is 0.360. The van der Waals surface area contributed by atoms with Gasteiger partial charge in [0.25, 0.3) is 0 Å². The first-order valence-corrected chi connectivity index (χ1v) is 11.8. The molecule has 7 heteroatoms. The molecule has 1 aliphatic carbocycles. The van der Waals surface area contributed by atoms with Crippen molar-refractivity contribution in [3.8, 4) is 0 Å². The van der Waals surface area contributed by atoms with Crippen molar-refractivity contribution in [1.82, 2.24) is 9.97 Å². The normalized spacial score (nSPS) is 20.0. The van der Waals surface area contributed by atoms with Crippen molar-refractivity contribution >= 4 is 37.6 Å². The molecule has 2 aromatic heterocycles. The van der Waals surface area contributed by atoms with Crippen LogP contribution in [0.3, 0.4) is 0 Å². The van der Waals surface area contributed by atoms with E-state index in [1.807, 2.05) is 12.3 Å². The summed E-state index contributed by atoms with van der Waals surface area (Å²) in [6.45, 7) is 2.11. The van der Waals surface area contributed by atoms with E-state index >= 15 is 0 Å². The highest BCUT2D eigenvalue weighted by molar-refractivity contribution is 7.22. The average Bonchev–Trinajstić information content (AvgIpc) is 3.16. The lowest BCUT2D eigenvalue weighted by molar-refractivity contribution is 0.302. The van der Waals surface area contributed by atoms with Crippen LogP contribution in [0.2, 0.25) is 0 Å². The molecule has 166 valence electrons. The van der Waals surface area contributed by atoms with E-state index in [2.05, 4.69) is 22.2 Å². The molecule has 1 fully saturated rings. The largest absolute Gasteiger partial charge is 0.359 e. The zero-order chi connectivity index (χ0) is 22.2. The van der Waals surface area contributed by atoms with Gasteiger partial charge in [0, 0.05) is 23.7 Å². The van der Waals surface area contributed by atoms with Gasteiger partial charge in [0.1, 0.15) is 17.2 Å². The van der Waals surface area contributed by atoms with Crippen molar-refractivity contribution in [3.63, 3.8) is 0 Å². The van der Waals surface area contributed by atoms with Gasteiger partial charge in [0.15, 0.2) is 10.9 Å². The Labute approximate surface area is 188 Å². The van der Waals surface area contributed by atoms with E-state index in [-0.39, 0.29) is 17.4 Å². The summed E-state index contributed by atoms with van der Waals surface area (Å²) in [6, 6.07) is 9.21. The molecule has 2 heterocycles. The van der Waals surface area contributed by atoms with Crippen LogP contribution in [0, 0.1) is 23.4 Å². The maximum atomic E-state index is 13.9. The Hall–Kier alpha value is -2.67. The Morgan fingerprint density at radius 3 is 2.66 bits per heavy atom. The topological polar surface area (TPSA) is 37.8 Å². The van der Waals surface area contributed by atoms with Crippen LogP contribution in [-0.2, 0) is 0 Å². The molecule has 4 aromatic rings. The van der Waals surface area contributed by atoms with Crippen molar-refractivity contribution in [3.05, 3.63) is 65.6 Å². The number of hydrogen-bond donors (Lipinski definition) is 1. The first kappa shape index (κ1) is 21.2. The summed E-state index contributed by atoms with van der Waals surface area (Å²) in [4.78, 5) is 8.68. The molecule has 0 spiro atoms. The van der Waals surface area contributed by atoms with Gasteiger partial charge in [0.2, 0.25) is 0 Å². The summed E-state index contributed by atoms with van der Waals surface area (Å²) in [6.07, 6.45) is 7.16. The summed E-state index contributed by atoms with van der Waals surface area (Å²) in [5.74, 6) is -0.428. The molecule has 32 heavy (non-hydrogen) atoms. The van der Waals surface area contributed by atoms with Crippen molar-refractivity contribution in [2.75, 3.05) is 5.32 Å². The number of anilines is 1. The van der Waals surface area contributed by atoms with Crippen LogP contribution in [0.1, 0.15) is 50.5 Å². The molecular weight excluding hydrogens is 431 g/mol. The number of aromatic nitrogens is 2. The van der Waals surface area contributed by atoms with Crippen molar-refractivity contribution in [2.45, 2.75) is 51.0 Å². The number of hydrogen-bond acceptors (Lipinski definition) is 4. The van der Waals surface area contributed by atoms with E-state index in [0.717, 1.165) is 49.1 Å². The maximum Gasteiger partial charge on any atom is 0.184 e. The lowest BCUT2D eigenvalue weighted by Gasteiger charge is -2.31. The lowest BCUT2D eigenvalue weighted by Crippen LogP contribution is -2.22. The van der Waals surface area contributed by atoms with Gasteiger partial charge in [-0.2, -0.15) is 0 Å². The summed E-state index contributed by atoms with van der Waals surface area (Å²) >= 11 is 1.28. The third kappa shape index (κ3) is 4.31. The Morgan fingerprint density at radius 2 is 1.84 bits per heavy atom. The highest BCUT2D eigenvalue weighted by atomic mass is 32.1. The average molecular weight is 456 g/mol. The lowest BCUT2D eigenvalue weighted by atomic mass is 9.76. The third-order valence-corrected chi connectivity index (χ3v) is 7.43. The first-order valence-electron chi connectivity index (χ1n) is 11.0. The summed E-state index contributed by atoms with van der Waals surface area (Å²) in [5, 5.41) is 4.91. The highest BCUT2D eigenvalue weighted by Gasteiger charge is 2.25. The van der Waals surface area contributed by atoms with Gasteiger partial charge in [-0.1, -0.05) is 11.3 Å². The van der Waals surface area contributed by atoms with Gasteiger partial charge in [-0.05, 0) is 86.8 Å². The van der Waals surface area contributed by atoms with Crippen LogP contribution in [0.5, 0.6) is 0 Å². The molecular formula is C25H24F3N3S. The Kier molecular flexibility index (Phi) is 5.76. The summed E-state index contributed by atoms with van der Waals surface area (Å²) in [7, 11) is 0. The standard InChI is InChI=1S/C25H24F3N3S/c1-14(30-25-31-24-21(28)12-18(27)13-23(24)32-25)10-15-2-4-16(5-3-15)19-8-9-29-22-7-6-17(26)11-20(19)22/h6-9,11-16H,2-5,10H2,1H3,(H,30,31). The highest BCUT2D eigenvalue weighted by Crippen LogP contribution is 2.40. The van der Waals surface area contributed by atoms with Gasteiger partial charge in [-0.3, -0.25) is 4.98 Å². The monoisotopic (exact) mass is 455 g/mol. The molecule has 5 rings (SSSR count). The zero-order valence-electron chi connectivity index (χ0n) is 17.7. The van der Waals surface area contributed by atoms with Gasteiger partial charge < -0.3 is 5.32 Å². The van der Waals surface area contributed by atoms with Crippen molar-refractivity contribution in [1.29, 1.82) is 0 Å². The van der Waals surface area contributed by atoms with E-state index in [1.165, 1.54) is 29.0 Å². The predicted molar refractivity (Wildman–Crippen MR) is 124 cm³/mol. The zero-order valence-corrected chi connectivity index (χ0v) is 18.6. The fourth-order valence-electron chi connectivity index (χ4n) is 4.99. The third-order valence-electron chi connectivity index (χ3n) is 6.49. The van der Waals surface area contributed by atoms with E-state index in [1.54, 1.807) is 12.1 Å². The number of fused-ring (bicyclic) bond motifs is 2. The number of thiazole rings is 1.